The number of pyridine rings is 1. The Bertz CT molecular complexity index is 736. The van der Waals surface area contributed by atoms with Gasteiger partial charge in [0.25, 0.3) is 0 Å². The normalized spacial score (nSPS) is 18.5. The molecule has 1 N–H and O–H groups in total. The first-order valence-electron chi connectivity index (χ1n) is 10.0. The minimum atomic E-state index is 0.674. The second-order valence-corrected chi connectivity index (χ2v) is 7.43. The van der Waals surface area contributed by atoms with Crippen molar-refractivity contribution in [3.8, 4) is 16.9 Å². The fourth-order valence-corrected chi connectivity index (χ4v) is 3.93. The van der Waals surface area contributed by atoms with Crippen LogP contribution in [0.1, 0.15) is 18.5 Å². The van der Waals surface area contributed by atoms with E-state index >= 15 is 0 Å². The Balaban J connectivity index is 1.64. The van der Waals surface area contributed by atoms with Crippen molar-refractivity contribution in [2.24, 2.45) is 5.92 Å². The average molecular weight is 367 g/mol. The maximum absolute atomic E-state index is 5.52. The summed E-state index contributed by atoms with van der Waals surface area (Å²) in [6, 6.07) is 12.8. The smallest absolute Gasteiger partial charge is 0.129 e. The van der Waals surface area contributed by atoms with Crippen LogP contribution in [0, 0.1) is 5.92 Å². The zero-order valence-electron chi connectivity index (χ0n) is 16.1. The molecule has 3 heterocycles. The largest absolute Gasteiger partial charge is 0.497 e. The van der Waals surface area contributed by atoms with E-state index in [2.05, 4.69) is 34.5 Å². The van der Waals surface area contributed by atoms with Crippen LogP contribution < -0.4 is 15.0 Å². The number of anilines is 1. The third-order valence-corrected chi connectivity index (χ3v) is 5.57. The predicted octanol–water partition coefficient (Wildman–Crippen LogP) is 3.14. The topological polar surface area (TPSA) is 46.6 Å². The number of hydrogen-bond donors (Lipinski definition) is 1. The lowest BCUT2D eigenvalue weighted by atomic mass is 9.93. The van der Waals surface area contributed by atoms with E-state index in [-0.39, 0.29) is 0 Å². The van der Waals surface area contributed by atoms with Crippen molar-refractivity contribution in [2.75, 3.05) is 51.4 Å². The summed E-state index contributed by atoms with van der Waals surface area (Å²) in [6.45, 7) is 5.82. The number of nitrogens with zero attached hydrogens (tertiary/aromatic N) is 2. The van der Waals surface area contributed by atoms with Crippen LogP contribution in [0.2, 0.25) is 0 Å². The molecule has 0 saturated carbocycles. The van der Waals surface area contributed by atoms with Crippen molar-refractivity contribution in [1.82, 2.24) is 10.3 Å². The molecular formula is C22H29N3O2. The number of methoxy groups -OCH3 is 1. The Morgan fingerprint density at radius 2 is 1.81 bits per heavy atom. The van der Waals surface area contributed by atoms with E-state index < -0.39 is 0 Å². The third kappa shape index (κ3) is 4.60. The van der Waals surface area contributed by atoms with Gasteiger partial charge in [-0.1, -0.05) is 12.1 Å². The van der Waals surface area contributed by atoms with Gasteiger partial charge in [-0.3, -0.25) is 0 Å². The lowest BCUT2D eigenvalue weighted by Crippen LogP contribution is -2.44. The molecule has 5 nitrogen and oxygen atoms in total. The molecule has 0 spiro atoms. The van der Waals surface area contributed by atoms with Gasteiger partial charge >= 0.3 is 0 Å². The highest BCUT2D eigenvalue weighted by Crippen LogP contribution is 2.29. The Morgan fingerprint density at radius 1 is 1.07 bits per heavy atom. The van der Waals surface area contributed by atoms with Gasteiger partial charge in [0.2, 0.25) is 0 Å². The molecule has 2 saturated heterocycles. The summed E-state index contributed by atoms with van der Waals surface area (Å²) in [5.74, 6) is 2.66. The summed E-state index contributed by atoms with van der Waals surface area (Å²) >= 11 is 0. The van der Waals surface area contributed by atoms with Gasteiger partial charge in [-0.05, 0) is 60.6 Å². The first kappa shape index (κ1) is 18.3. The number of rotatable bonds is 5. The molecule has 2 aliphatic heterocycles. The molecule has 1 aromatic carbocycles. The number of hydrogen-bond acceptors (Lipinski definition) is 5. The summed E-state index contributed by atoms with van der Waals surface area (Å²) < 4.78 is 10.8. The van der Waals surface area contributed by atoms with E-state index in [0.29, 0.717) is 5.92 Å². The van der Waals surface area contributed by atoms with E-state index in [0.717, 1.165) is 70.2 Å². The first-order valence-corrected chi connectivity index (χ1v) is 10.0. The van der Waals surface area contributed by atoms with Gasteiger partial charge in [0, 0.05) is 45.1 Å². The van der Waals surface area contributed by atoms with Crippen LogP contribution in [0.25, 0.3) is 11.1 Å². The Kier molecular flexibility index (Phi) is 5.90. The van der Waals surface area contributed by atoms with Gasteiger partial charge in [-0.15, -0.1) is 0 Å². The van der Waals surface area contributed by atoms with Crippen molar-refractivity contribution >= 4 is 5.82 Å². The molecule has 0 radical (unpaired) electrons. The number of ether oxygens (including phenoxy) is 2. The molecule has 1 aromatic heterocycles. The van der Waals surface area contributed by atoms with E-state index in [4.69, 9.17) is 14.5 Å². The highest BCUT2D eigenvalue weighted by Gasteiger charge is 2.18. The fourth-order valence-electron chi connectivity index (χ4n) is 3.93. The van der Waals surface area contributed by atoms with E-state index in [1.807, 2.05) is 12.1 Å². The number of aromatic nitrogens is 1. The standard InChI is InChI=1S/C22H29N3O2/c1-26-21-4-2-18(3-5-21)19-15-20(14-17-6-12-27-13-7-17)24-22(16-19)25-10-8-23-9-11-25/h2-5,15-17,23H,6-14H2,1H3. The zero-order valence-corrected chi connectivity index (χ0v) is 16.1. The number of nitrogens with one attached hydrogen (secondary N) is 1. The Labute approximate surface area is 161 Å². The SMILES string of the molecule is COc1ccc(-c2cc(CC3CCOCC3)nc(N3CCNCC3)c2)cc1. The minimum absolute atomic E-state index is 0.674. The van der Waals surface area contributed by atoms with Crippen molar-refractivity contribution in [1.29, 1.82) is 0 Å². The molecule has 0 unspecified atom stereocenters. The van der Waals surface area contributed by atoms with Crippen LogP contribution in [0.4, 0.5) is 5.82 Å². The summed E-state index contributed by atoms with van der Waals surface area (Å²) in [6.07, 6.45) is 3.31. The van der Waals surface area contributed by atoms with E-state index in [1.54, 1.807) is 7.11 Å². The lowest BCUT2D eigenvalue weighted by molar-refractivity contribution is 0.0663. The number of piperazine rings is 1. The van der Waals surface area contributed by atoms with Crippen molar-refractivity contribution < 1.29 is 9.47 Å². The zero-order chi connectivity index (χ0) is 18.5. The molecule has 0 aliphatic carbocycles. The van der Waals surface area contributed by atoms with E-state index in [1.165, 1.54) is 16.8 Å². The molecule has 144 valence electrons. The second kappa shape index (κ2) is 8.72. The van der Waals surface area contributed by atoms with Crippen LogP contribution in [0.15, 0.2) is 36.4 Å². The summed E-state index contributed by atoms with van der Waals surface area (Å²) in [5.41, 5.74) is 3.65. The molecule has 2 fully saturated rings. The summed E-state index contributed by atoms with van der Waals surface area (Å²) in [4.78, 5) is 7.44. The van der Waals surface area contributed by atoms with Crippen molar-refractivity contribution in [2.45, 2.75) is 19.3 Å². The van der Waals surface area contributed by atoms with Gasteiger partial charge in [-0.25, -0.2) is 4.98 Å². The Hall–Kier alpha value is -2.11. The van der Waals surface area contributed by atoms with Crippen LogP contribution in [0.3, 0.4) is 0 Å². The molecule has 5 heteroatoms. The van der Waals surface area contributed by atoms with Gasteiger partial charge < -0.3 is 19.7 Å². The molecule has 2 aromatic rings. The van der Waals surface area contributed by atoms with Crippen LogP contribution >= 0.6 is 0 Å². The third-order valence-electron chi connectivity index (χ3n) is 5.57. The molecule has 0 amide bonds. The average Bonchev–Trinajstić information content (AvgIpc) is 2.75. The molecule has 2 aliphatic rings. The predicted molar refractivity (Wildman–Crippen MR) is 109 cm³/mol. The molecular weight excluding hydrogens is 338 g/mol. The van der Waals surface area contributed by atoms with E-state index in [9.17, 15) is 0 Å². The second-order valence-electron chi connectivity index (χ2n) is 7.43. The quantitative estimate of drug-likeness (QED) is 0.880. The number of benzene rings is 1. The van der Waals surface area contributed by atoms with Gasteiger partial charge in [0.15, 0.2) is 0 Å². The summed E-state index contributed by atoms with van der Waals surface area (Å²) in [5, 5.41) is 3.43. The van der Waals surface area contributed by atoms with Gasteiger partial charge in [0.1, 0.15) is 11.6 Å². The van der Waals surface area contributed by atoms with Gasteiger partial charge in [0.05, 0.1) is 7.11 Å². The van der Waals surface area contributed by atoms with Crippen LogP contribution in [-0.4, -0.2) is 51.5 Å². The molecule has 0 bridgehead atoms. The fraction of sp³-hybridized carbons (Fsp3) is 0.500. The van der Waals surface area contributed by atoms with Gasteiger partial charge in [-0.2, -0.15) is 0 Å². The maximum Gasteiger partial charge on any atom is 0.129 e. The van der Waals surface area contributed by atoms with Crippen molar-refractivity contribution in [3.05, 3.63) is 42.1 Å². The molecule has 0 atom stereocenters. The highest BCUT2D eigenvalue weighted by atomic mass is 16.5. The lowest BCUT2D eigenvalue weighted by Gasteiger charge is -2.29. The highest BCUT2D eigenvalue weighted by molar-refractivity contribution is 5.68. The van der Waals surface area contributed by atoms with Crippen LogP contribution in [0.5, 0.6) is 5.75 Å². The first-order chi connectivity index (χ1) is 13.3. The summed E-state index contributed by atoms with van der Waals surface area (Å²) in [7, 11) is 1.70. The monoisotopic (exact) mass is 367 g/mol. The Morgan fingerprint density at radius 3 is 2.52 bits per heavy atom. The maximum atomic E-state index is 5.52. The molecule has 4 rings (SSSR count). The van der Waals surface area contributed by atoms with Crippen molar-refractivity contribution in [3.63, 3.8) is 0 Å². The van der Waals surface area contributed by atoms with Crippen LogP contribution in [-0.2, 0) is 11.2 Å². The minimum Gasteiger partial charge on any atom is -0.497 e. The molecule has 27 heavy (non-hydrogen) atoms.